The minimum atomic E-state index is -0.973. The van der Waals surface area contributed by atoms with Gasteiger partial charge in [-0.15, -0.1) is 0 Å². The molecule has 2 saturated heterocycles. The summed E-state index contributed by atoms with van der Waals surface area (Å²) in [5, 5.41) is 11.4. The van der Waals surface area contributed by atoms with Crippen LogP contribution >= 0.6 is 0 Å². The molecule has 18 heavy (non-hydrogen) atoms. The van der Waals surface area contributed by atoms with Gasteiger partial charge in [0.2, 0.25) is 5.91 Å². The summed E-state index contributed by atoms with van der Waals surface area (Å²) in [6.07, 6.45) is 0. The molecule has 102 valence electrons. The van der Waals surface area contributed by atoms with Gasteiger partial charge in [0.05, 0.1) is 19.8 Å². The molecule has 1 unspecified atom stereocenters. The van der Waals surface area contributed by atoms with Crippen molar-refractivity contribution >= 4 is 11.9 Å². The number of morpholine rings is 1. The van der Waals surface area contributed by atoms with Gasteiger partial charge < -0.3 is 15.2 Å². The largest absolute Gasteiger partial charge is 0.480 e. The maximum absolute atomic E-state index is 11.4. The van der Waals surface area contributed by atoms with Gasteiger partial charge in [-0.25, -0.2) is 4.79 Å². The molecule has 0 aromatic rings. The van der Waals surface area contributed by atoms with Crippen LogP contribution in [0.4, 0.5) is 0 Å². The fourth-order valence-electron chi connectivity index (χ4n) is 2.23. The van der Waals surface area contributed by atoms with E-state index < -0.39 is 12.0 Å². The van der Waals surface area contributed by atoms with Crippen LogP contribution in [-0.2, 0) is 14.3 Å². The highest BCUT2D eigenvalue weighted by Crippen LogP contribution is 2.02. The first kappa shape index (κ1) is 13.3. The van der Waals surface area contributed by atoms with Crippen LogP contribution in [0.25, 0.3) is 0 Å². The van der Waals surface area contributed by atoms with E-state index in [1.165, 1.54) is 0 Å². The van der Waals surface area contributed by atoms with Gasteiger partial charge in [0, 0.05) is 32.7 Å². The Labute approximate surface area is 106 Å². The Balaban J connectivity index is 1.77. The Hall–Kier alpha value is -1.18. The number of hydrogen-bond donors (Lipinski definition) is 2. The Kier molecular flexibility index (Phi) is 4.51. The zero-order valence-electron chi connectivity index (χ0n) is 10.3. The summed E-state index contributed by atoms with van der Waals surface area (Å²) in [6.45, 7) is 5.54. The van der Waals surface area contributed by atoms with E-state index in [4.69, 9.17) is 9.84 Å². The summed E-state index contributed by atoms with van der Waals surface area (Å²) in [5.74, 6) is -1.19. The number of piperazine rings is 1. The Bertz CT molecular complexity index is 317. The van der Waals surface area contributed by atoms with Crippen LogP contribution in [0.1, 0.15) is 0 Å². The number of carbonyl (C=O) groups is 2. The summed E-state index contributed by atoms with van der Waals surface area (Å²) >= 11 is 0. The van der Waals surface area contributed by atoms with Crippen LogP contribution in [0.5, 0.6) is 0 Å². The van der Waals surface area contributed by atoms with Crippen molar-refractivity contribution in [2.24, 2.45) is 0 Å². The summed E-state index contributed by atoms with van der Waals surface area (Å²) < 4.78 is 5.26. The lowest BCUT2D eigenvalue weighted by Crippen LogP contribution is -2.58. The number of rotatable bonds is 4. The Morgan fingerprint density at radius 1 is 1.33 bits per heavy atom. The molecule has 2 aliphatic rings. The molecule has 2 rings (SSSR count). The van der Waals surface area contributed by atoms with Crippen molar-refractivity contribution in [3.63, 3.8) is 0 Å². The number of carbonyl (C=O) groups excluding carboxylic acids is 1. The number of amides is 1. The molecule has 0 saturated carbocycles. The molecular formula is C11H19N3O4. The van der Waals surface area contributed by atoms with Gasteiger partial charge in [0.1, 0.15) is 6.04 Å². The molecule has 7 heteroatoms. The third kappa shape index (κ3) is 3.66. The van der Waals surface area contributed by atoms with E-state index in [2.05, 4.69) is 10.2 Å². The van der Waals surface area contributed by atoms with E-state index in [-0.39, 0.29) is 12.5 Å². The second kappa shape index (κ2) is 6.12. The van der Waals surface area contributed by atoms with E-state index in [1.807, 2.05) is 4.90 Å². The van der Waals surface area contributed by atoms with Crippen molar-refractivity contribution in [3.05, 3.63) is 0 Å². The molecule has 1 atom stereocenters. The van der Waals surface area contributed by atoms with Crippen molar-refractivity contribution in [2.45, 2.75) is 6.04 Å². The van der Waals surface area contributed by atoms with E-state index in [0.29, 0.717) is 6.54 Å². The maximum Gasteiger partial charge on any atom is 0.327 e. The fourth-order valence-corrected chi connectivity index (χ4v) is 2.23. The smallest absolute Gasteiger partial charge is 0.327 e. The molecule has 0 bridgehead atoms. The first-order valence-electron chi connectivity index (χ1n) is 6.20. The normalized spacial score (nSPS) is 26.9. The molecule has 2 aliphatic heterocycles. The zero-order valence-corrected chi connectivity index (χ0v) is 10.3. The van der Waals surface area contributed by atoms with Gasteiger partial charge in [-0.2, -0.15) is 0 Å². The van der Waals surface area contributed by atoms with Crippen LogP contribution < -0.4 is 5.32 Å². The maximum atomic E-state index is 11.4. The van der Waals surface area contributed by atoms with Crippen molar-refractivity contribution in [1.82, 2.24) is 15.1 Å². The third-order valence-corrected chi connectivity index (χ3v) is 3.28. The lowest BCUT2D eigenvalue weighted by Gasteiger charge is -2.33. The fraction of sp³-hybridized carbons (Fsp3) is 0.818. The SMILES string of the molecule is O=C1CN(CCN2CCOCC2)CC(C(=O)O)N1. The molecule has 1 amide bonds. The lowest BCUT2D eigenvalue weighted by atomic mass is 10.2. The standard InChI is InChI=1S/C11H19N3O4/c15-10-8-14(7-9(12-10)11(16)17)2-1-13-3-5-18-6-4-13/h9H,1-8H2,(H,12,15)(H,16,17). The van der Waals surface area contributed by atoms with E-state index in [9.17, 15) is 9.59 Å². The first-order valence-corrected chi connectivity index (χ1v) is 6.20. The van der Waals surface area contributed by atoms with Crippen molar-refractivity contribution in [3.8, 4) is 0 Å². The van der Waals surface area contributed by atoms with Crippen LogP contribution in [-0.4, -0.2) is 85.3 Å². The molecule has 2 N–H and O–H groups in total. The van der Waals surface area contributed by atoms with Gasteiger partial charge in [-0.1, -0.05) is 0 Å². The number of carboxylic acids is 1. The Morgan fingerprint density at radius 3 is 2.67 bits per heavy atom. The van der Waals surface area contributed by atoms with Crippen LogP contribution in [0.15, 0.2) is 0 Å². The predicted octanol–water partition coefficient (Wildman–Crippen LogP) is -1.80. The number of hydrogen-bond acceptors (Lipinski definition) is 5. The Morgan fingerprint density at radius 2 is 2.00 bits per heavy atom. The van der Waals surface area contributed by atoms with E-state index in [0.717, 1.165) is 39.4 Å². The average molecular weight is 257 g/mol. The van der Waals surface area contributed by atoms with Gasteiger partial charge in [0.15, 0.2) is 0 Å². The molecule has 0 aromatic carbocycles. The van der Waals surface area contributed by atoms with Crippen molar-refractivity contribution in [2.75, 3.05) is 52.5 Å². The molecule has 0 aliphatic carbocycles. The van der Waals surface area contributed by atoms with Gasteiger partial charge in [0.25, 0.3) is 0 Å². The van der Waals surface area contributed by atoms with E-state index >= 15 is 0 Å². The highest BCUT2D eigenvalue weighted by Gasteiger charge is 2.29. The summed E-state index contributed by atoms with van der Waals surface area (Å²) in [6, 6.07) is -0.782. The highest BCUT2D eigenvalue weighted by atomic mass is 16.5. The molecule has 2 fully saturated rings. The summed E-state index contributed by atoms with van der Waals surface area (Å²) in [7, 11) is 0. The summed E-state index contributed by atoms with van der Waals surface area (Å²) in [5.41, 5.74) is 0. The molecule has 0 aromatic heterocycles. The number of nitrogens with one attached hydrogen (secondary N) is 1. The molecule has 0 spiro atoms. The monoisotopic (exact) mass is 257 g/mol. The quantitative estimate of drug-likeness (QED) is 0.618. The van der Waals surface area contributed by atoms with Gasteiger partial charge >= 0.3 is 5.97 Å². The van der Waals surface area contributed by atoms with E-state index in [1.54, 1.807) is 0 Å². The van der Waals surface area contributed by atoms with Crippen LogP contribution in [0, 0.1) is 0 Å². The molecular weight excluding hydrogens is 238 g/mol. The van der Waals surface area contributed by atoms with Crippen LogP contribution in [0.2, 0.25) is 0 Å². The zero-order chi connectivity index (χ0) is 13.0. The molecule has 7 nitrogen and oxygen atoms in total. The lowest BCUT2D eigenvalue weighted by molar-refractivity contribution is -0.144. The van der Waals surface area contributed by atoms with Gasteiger partial charge in [-0.3, -0.25) is 14.6 Å². The first-order chi connectivity index (χ1) is 8.65. The number of carboxylic acid groups (broad SMARTS) is 1. The second-order valence-electron chi connectivity index (χ2n) is 4.65. The number of nitrogens with zero attached hydrogens (tertiary/aromatic N) is 2. The van der Waals surface area contributed by atoms with Crippen molar-refractivity contribution < 1.29 is 19.4 Å². The molecule has 2 heterocycles. The number of ether oxygens (including phenoxy) is 1. The minimum absolute atomic E-state index is 0.212. The summed E-state index contributed by atoms with van der Waals surface area (Å²) in [4.78, 5) is 26.4. The number of aliphatic carboxylic acids is 1. The minimum Gasteiger partial charge on any atom is -0.480 e. The average Bonchev–Trinajstić information content (AvgIpc) is 2.37. The van der Waals surface area contributed by atoms with Crippen molar-refractivity contribution in [1.29, 1.82) is 0 Å². The third-order valence-electron chi connectivity index (χ3n) is 3.28. The highest BCUT2D eigenvalue weighted by molar-refractivity contribution is 5.86. The van der Waals surface area contributed by atoms with Gasteiger partial charge in [-0.05, 0) is 0 Å². The second-order valence-corrected chi connectivity index (χ2v) is 4.65. The van der Waals surface area contributed by atoms with Crippen LogP contribution in [0.3, 0.4) is 0 Å². The molecule has 0 radical (unpaired) electrons. The topological polar surface area (TPSA) is 82.1 Å². The predicted molar refractivity (Wildman–Crippen MR) is 63.3 cm³/mol.